The molecule has 0 radical (unpaired) electrons. The van der Waals surface area contributed by atoms with E-state index in [0.29, 0.717) is 0 Å². The molecule has 1 aromatic heterocycles. The molecule has 0 aliphatic carbocycles. The maximum atomic E-state index is 3.41. The van der Waals surface area contributed by atoms with Crippen molar-refractivity contribution in [3.05, 3.63) is 24.5 Å². The van der Waals surface area contributed by atoms with Crippen LogP contribution in [0.4, 0.5) is 0 Å². The van der Waals surface area contributed by atoms with E-state index in [1.165, 1.54) is 45.3 Å². The van der Waals surface area contributed by atoms with Gasteiger partial charge in [0.05, 0.1) is 0 Å². The average Bonchev–Trinajstić information content (AvgIpc) is 2.72. The van der Waals surface area contributed by atoms with E-state index in [4.69, 9.17) is 0 Å². The number of hydrogen-bond donors (Lipinski definition) is 1. The summed E-state index contributed by atoms with van der Waals surface area (Å²) in [7, 11) is 0. The van der Waals surface area contributed by atoms with Crippen molar-refractivity contribution in [1.82, 2.24) is 9.88 Å². The predicted octanol–water partition coefficient (Wildman–Crippen LogP) is 2.27. The van der Waals surface area contributed by atoms with Crippen molar-refractivity contribution >= 4 is 0 Å². The topological polar surface area (TPSA) is 17.0 Å². The Labute approximate surface area is 86.3 Å². The second-order valence-corrected chi connectivity index (χ2v) is 4.26. The zero-order chi connectivity index (χ0) is 9.64. The first-order valence-electron chi connectivity index (χ1n) is 5.76. The molecule has 0 atom stereocenters. The van der Waals surface area contributed by atoms with Gasteiger partial charge in [0.15, 0.2) is 0 Å². The second kappa shape index (κ2) is 5.20. The number of hydrogen-bond acceptors (Lipinski definition) is 1. The molecular weight excluding hydrogens is 172 g/mol. The van der Waals surface area contributed by atoms with E-state index in [0.717, 1.165) is 5.92 Å². The van der Waals surface area contributed by atoms with Gasteiger partial charge in [-0.15, -0.1) is 0 Å². The summed E-state index contributed by atoms with van der Waals surface area (Å²) in [5.74, 6) is 0.979. The molecule has 1 aromatic rings. The van der Waals surface area contributed by atoms with E-state index in [-0.39, 0.29) is 0 Å². The highest BCUT2D eigenvalue weighted by molar-refractivity contribution is 4.90. The Morgan fingerprint density at radius 3 is 2.57 bits per heavy atom. The molecule has 1 saturated heterocycles. The summed E-state index contributed by atoms with van der Waals surface area (Å²) in [6.45, 7) is 3.65. The Morgan fingerprint density at radius 2 is 1.86 bits per heavy atom. The van der Waals surface area contributed by atoms with E-state index < -0.39 is 0 Å². The van der Waals surface area contributed by atoms with Gasteiger partial charge >= 0.3 is 0 Å². The summed E-state index contributed by atoms with van der Waals surface area (Å²) in [4.78, 5) is 0. The SMILES string of the molecule is c1ccn(CCCC2CCNCC2)c1. The van der Waals surface area contributed by atoms with Crippen molar-refractivity contribution in [3.8, 4) is 0 Å². The standard InChI is InChI=1S/C12H20N2/c1-2-10-14(9-1)11-3-4-12-5-7-13-8-6-12/h1-2,9-10,12-13H,3-8,11H2. The van der Waals surface area contributed by atoms with Crippen LogP contribution in [0.1, 0.15) is 25.7 Å². The van der Waals surface area contributed by atoms with Crippen molar-refractivity contribution in [2.45, 2.75) is 32.2 Å². The second-order valence-electron chi connectivity index (χ2n) is 4.26. The van der Waals surface area contributed by atoms with Crippen molar-refractivity contribution in [2.24, 2.45) is 5.92 Å². The Balaban J connectivity index is 1.62. The van der Waals surface area contributed by atoms with E-state index in [1.807, 2.05) is 0 Å². The zero-order valence-electron chi connectivity index (χ0n) is 8.78. The Morgan fingerprint density at radius 1 is 1.14 bits per heavy atom. The summed E-state index contributed by atoms with van der Waals surface area (Å²) in [5.41, 5.74) is 0. The van der Waals surface area contributed by atoms with Gasteiger partial charge in [0.1, 0.15) is 0 Å². The molecule has 78 valence electrons. The molecular formula is C12H20N2. The molecule has 1 fully saturated rings. The number of piperidine rings is 1. The van der Waals surface area contributed by atoms with Crippen molar-refractivity contribution in [2.75, 3.05) is 13.1 Å². The molecule has 0 saturated carbocycles. The summed E-state index contributed by atoms with van der Waals surface area (Å²) in [5, 5.41) is 3.41. The molecule has 2 rings (SSSR count). The molecule has 1 aliphatic rings. The highest BCUT2D eigenvalue weighted by atomic mass is 14.9. The lowest BCUT2D eigenvalue weighted by Gasteiger charge is -2.22. The van der Waals surface area contributed by atoms with Gasteiger partial charge in [0.25, 0.3) is 0 Å². The summed E-state index contributed by atoms with van der Waals surface area (Å²) < 4.78 is 2.28. The van der Waals surface area contributed by atoms with Gasteiger partial charge in [0, 0.05) is 18.9 Å². The highest BCUT2D eigenvalue weighted by Gasteiger charge is 2.11. The maximum Gasteiger partial charge on any atom is 0.0219 e. The maximum absolute atomic E-state index is 3.41. The predicted molar refractivity (Wildman–Crippen MR) is 59.3 cm³/mol. The molecule has 0 spiro atoms. The minimum absolute atomic E-state index is 0.979. The summed E-state index contributed by atoms with van der Waals surface area (Å²) >= 11 is 0. The highest BCUT2D eigenvalue weighted by Crippen LogP contribution is 2.17. The quantitative estimate of drug-likeness (QED) is 0.774. The largest absolute Gasteiger partial charge is 0.354 e. The first-order valence-corrected chi connectivity index (χ1v) is 5.76. The van der Waals surface area contributed by atoms with E-state index >= 15 is 0 Å². The zero-order valence-corrected chi connectivity index (χ0v) is 8.78. The number of nitrogens with one attached hydrogen (secondary N) is 1. The molecule has 0 amide bonds. The molecule has 14 heavy (non-hydrogen) atoms. The monoisotopic (exact) mass is 192 g/mol. The van der Waals surface area contributed by atoms with Crippen LogP contribution in [0, 0.1) is 5.92 Å². The molecule has 2 heterocycles. The van der Waals surface area contributed by atoms with Crippen LogP contribution in [0.5, 0.6) is 0 Å². The number of aryl methyl sites for hydroxylation is 1. The summed E-state index contributed by atoms with van der Waals surface area (Å²) in [6.07, 6.45) is 9.81. The lowest BCUT2D eigenvalue weighted by atomic mass is 9.93. The van der Waals surface area contributed by atoms with Crippen LogP contribution in [0.25, 0.3) is 0 Å². The van der Waals surface area contributed by atoms with Crippen LogP contribution < -0.4 is 5.32 Å². The van der Waals surface area contributed by atoms with Gasteiger partial charge in [-0.05, 0) is 56.8 Å². The van der Waals surface area contributed by atoms with Gasteiger partial charge in [-0.1, -0.05) is 0 Å². The fourth-order valence-corrected chi connectivity index (χ4v) is 2.25. The van der Waals surface area contributed by atoms with Gasteiger partial charge in [-0.2, -0.15) is 0 Å². The number of aromatic nitrogens is 1. The molecule has 0 aromatic carbocycles. The first-order chi connectivity index (χ1) is 6.95. The van der Waals surface area contributed by atoms with Crippen LogP contribution >= 0.6 is 0 Å². The van der Waals surface area contributed by atoms with Crippen molar-refractivity contribution < 1.29 is 0 Å². The van der Waals surface area contributed by atoms with Crippen molar-refractivity contribution in [1.29, 1.82) is 0 Å². The average molecular weight is 192 g/mol. The molecule has 2 nitrogen and oxygen atoms in total. The van der Waals surface area contributed by atoms with Crippen LogP contribution in [0.2, 0.25) is 0 Å². The number of rotatable bonds is 4. The van der Waals surface area contributed by atoms with Gasteiger partial charge in [0.2, 0.25) is 0 Å². The van der Waals surface area contributed by atoms with E-state index in [1.54, 1.807) is 0 Å². The third-order valence-corrected chi connectivity index (χ3v) is 3.15. The fourth-order valence-electron chi connectivity index (χ4n) is 2.25. The lowest BCUT2D eigenvalue weighted by molar-refractivity contribution is 0.340. The Bertz CT molecular complexity index is 235. The van der Waals surface area contributed by atoms with Crippen LogP contribution in [0.3, 0.4) is 0 Å². The fraction of sp³-hybridized carbons (Fsp3) is 0.667. The van der Waals surface area contributed by atoms with Crippen LogP contribution in [0.15, 0.2) is 24.5 Å². The third kappa shape index (κ3) is 2.88. The van der Waals surface area contributed by atoms with Gasteiger partial charge in [-0.25, -0.2) is 0 Å². The Hall–Kier alpha value is -0.760. The molecule has 2 heteroatoms. The Kier molecular flexibility index (Phi) is 3.64. The molecule has 1 N–H and O–H groups in total. The molecule has 0 unspecified atom stereocenters. The lowest BCUT2D eigenvalue weighted by Crippen LogP contribution is -2.27. The van der Waals surface area contributed by atoms with Gasteiger partial charge in [-0.3, -0.25) is 0 Å². The first kappa shape index (κ1) is 9.78. The minimum atomic E-state index is 0.979. The van der Waals surface area contributed by atoms with E-state index in [2.05, 4.69) is 34.4 Å². The van der Waals surface area contributed by atoms with Crippen LogP contribution in [-0.2, 0) is 6.54 Å². The summed E-state index contributed by atoms with van der Waals surface area (Å²) in [6, 6.07) is 4.20. The van der Waals surface area contributed by atoms with E-state index in [9.17, 15) is 0 Å². The minimum Gasteiger partial charge on any atom is -0.354 e. The normalized spacial score (nSPS) is 18.6. The third-order valence-electron chi connectivity index (χ3n) is 3.15. The van der Waals surface area contributed by atoms with Crippen LogP contribution in [-0.4, -0.2) is 17.7 Å². The number of nitrogens with zero attached hydrogens (tertiary/aromatic N) is 1. The molecule has 0 bridgehead atoms. The smallest absolute Gasteiger partial charge is 0.0219 e. The molecule has 1 aliphatic heterocycles. The van der Waals surface area contributed by atoms with Gasteiger partial charge < -0.3 is 9.88 Å². The van der Waals surface area contributed by atoms with Crippen molar-refractivity contribution in [3.63, 3.8) is 0 Å².